The average molecular weight is 557 g/mol. The van der Waals surface area contributed by atoms with Crippen LogP contribution in [0.4, 0.5) is 0 Å². The standard InChI is InChI=1S/C35H28N2O3S/c1-39-30-20-24(16-19-29(30)40-22-23-10-4-2-5-11-23)21-31-34(38)37-33(26-13-6-3-7-14-26)28-18-17-25-12-8-9-15-27(25)32(28)36-35(37)41-31/h2-16,19-21,33H,17-18,22H2,1H3/b31-21-/t33-/m0/s1. The molecule has 202 valence electrons. The number of ether oxygens (including phenoxy) is 2. The van der Waals surface area contributed by atoms with Gasteiger partial charge in [0.2, 0.25) is 0 Å². The van der Waals surface area contributed by atoms with Gasteiger partial charge in [-0.1, -0.05) is 102 Å². The third kappa shape index (κ3) is 4.70. The molecular weight excluding hydrogens is 528 g/mol. The minimum Gasteiger partial charge on any atom is -0.493 e. The predicted octanol–water partition coefficient (Wildman–Crippen LogP) is 5.91. The Hall–Kier alpha value is -4.68. The van der Waals surface area contributed by atoms with Crippen LogP contribution in [0.3, 0.4) is 0 Å². The molecule has 6 heteroatoms. The highest BCUT2D eigenvalue weighted by molar-refractivity contribution is 7.07. The predicted molar refractivity (Wildman–Crippen MR) is 163 cm³/mol. The van der Waals surface area contributed by atoms with Crippen molar-refractivity contribution in [3.63, 3.8) is 0 Å². The molecule has 4 aromatic carbocycles. The Morgan fingerprint density at radius 1 is 0.902 bits per heavy atom. The van der Waals surface area contributed by atoms with Crippen LogP contribution in [0.15, 0.2) is 118 Å². The molecule has 2 heterocycles. The molecule has 0 radical (unpaired) electrons. The van der Waals surface area contributed by atoms with E-state index >= 15 is 0 Å². The van der Waals surface area contributed by atoms with Gasteiger partial charge < -0.3 is 9.47 Å². The number of thiazole rings is 1. The number of nitrogens with zero attached hydrogens (tertiary/aromatic N) is 2. The second kappa shape index (κ2) is 10.7. The number of methoxy groups -OCH3 is 1. The third-order valence-electron chi connectivity index (χ3n) is 7.71. The molecule has 1 aliphatic carbocycles. The van der Waals surface area contributed by atoms with Gasteiger partial charge in [0.1, 0.15) is 6.61 Å². The summed E-state index contributed by atoms with van der Waals surface area (Å²) in [6.45, 7) is 0.447. The van der Waals surface area contributed by atoms with Gasteiger partial charge in [0.05, 0.1) is 23.4 Å². The number of aromatic nitrogens is 1. The molecule has 0 saturated carbocycles. The van der Waals surface area contributed by atoms with Gasteiger partial charge in [0.15, 0.2) is 16.3 Å². The van der Waals surface area contributed by atoms with Gasteiger partial charge in [-0.15, -0.1) is 0 Å². The van der Waals surface area contributed by atoms with Crippen LogP contribution in [0, 0.1) is 0 Å². The van der Waals surface area contributed by atoms with Crippen molar-refractivity contribution in [1.82, 2.24) is 4.57 Å². The Morgan fingerprint density at radius 2 is 1.66 bits per heavy atom. The first-order valence-corrected chi connectivity index (χ1v) is 14.5. The van der Waals surface area contributed by atoms with E-state index in [2.05, 4.69) is 36.4 Å². The van der Waals surface area contributed by atoms with Gasteiger partial charge in [0, 0.05) is 5.56 Å². The van der Waals surface area contributed by atoms with Crippen LogP contribution in [0.2, 0.25) is 0 Å². The van der Waals surface area contributed by atoms with Crippen molar-refractivity contribution in [3.05, 3.63) is 156 Å². The van der Waals surface area contributed by atoms with Crippen LogP contribution in [0.1, 0.15) is 40.3 Å². The zero-order chi connectivity index (χ0) is 27.8. The van der Waals surface area contributed by atoms with E-state index in [-0.39, 0.29) is 11.6 Å². The fourth-order valence-electron chi connectivity index (χ4n) is 5.74. The molecule has 1 atom stereocenters. The summed E-state index contributed by atoms with van der Waals surface area (Å²) < 4.78 is 14.2. The second-order valence-electron chi connectivity index (χ2n) is 10.2. The van der Waals surface area contributed by atoms with E-state index < -0.39 is 0 Å². The number of rotatable bonds is 6. The Kier molecular flexibility index (Phi) is 6.61. The highest BCUT2D eigenvalue weighted by Crippen LogP contribution is 2.41. The smallest absolute Gasteiger partial charge is 0.271 e. The van der Waals surface area contributed by atoms with Crippen LogP contribution in [-0.2, 0) is 13.0 Å². The lowest BCUT2D eigenvalue weighted by Crippen LogP contribution is -2.38. The number of benzene rings is 4. The first-order valence-electron chi connectivity index (χ1n) is 13.7. The summed E-state index contributed by atoms with van der Waals surface area (Å²) >= 11 is 1.43. The average Bonchev–Trinajstić information content (AvgIpc) is 3.34. The molecule has 0 spiro atoms. The van der Waals surface area contributed by atoms with E-state index in [4.69, 9.17) is 14.5 Å². The molecule has 0 bridgehead atoms. The summed E-state index contributed by atoms with van der Waals surface area (Å²) in [6.07, 6.45) is 3.74. The van der Waals surface area contributed by atoms with Crippen LogP contribution in [0.5, 0.6) is 11.5 Å². The van der Waals surface area contributed by atoms with Crippen molar-refractivity contribution in [2.75, 3.05) is 7.11 Å². The summed E-state index contributed by atoms with van der Waals surface area (Å²) in [5.41, 5.74) is 7.71. The van der Waals surface area contributed by atoms with Crippen molar-refractivity contribution in [2.45, 2.75) is 25.5 Å². The normalized spacial score (nSPS) is 15.9. The van der Waals surface area contributed by atoms with Crippen molar-refractivity contribution in [3.8, 4) is 11.5 Å². The first-order chi connectivity index (χ1) is 20.2. The van der Waals surface area contributed by atoms with E-state index in [0.29, 0.717) is 22.6 Å². The minimum atomic E-state index is -0.179. The Labute approximate surface area is 242 Å². The van der Waals surface area contributed by atoms with Gasteiger partial charge in [-0.25, -0.2) is 4.99 Å². The van der Waals surface area contributed by atoms with E-state index in [9.17, 15) is 4.79 Å². The van der Waals surface area contributed by atoms with Gasteiger partial charge >= 0.3 is 0 Å². The maximum absolute atomic E-state index is 14.0. The third-order valence-corrected chi connectivity index (χ3v) is 8.69. The lowest BCUT2D eigenvalue weighted by Gasteiger charge is -2.30. The number of allylic oxidation sites excluding steroid dienone is 1. The quantitative estimate of drug-likeness (QED) is 0.262. The molecule has 0 amide bonds. The summed E-state index contributed by atoms with van der Waals surface area (Å²) in [5.74, 6) is 1.28. The zero-order valence-corrected chi connectivity index (χ0v) is 23.4. The SMILES string of the molecule is COc1cc(/C=c2\sc3n(c2=O)[C@@H](c2ccccc2)C2=C(N=3)c3ccccc3CC2)ccc1OCc1ccccc1. The van der Waals surface area contributed by atoms with E-state index in [0.717, 1.165) is 40.0 Å². The molecule has 0 saturated heterocycles. The van der Waals surface area contributed by atoms with Crippen LogP contribution >= 0.6 is 11.3 Å². The molecule has 1 aromatic heterocycles. The number of aryl methyl sites for hydroxylation is 1. The Morgan fingerprint density at radius 3 is 2.46 bits per heavy atom. The maximum Gasteiger partial charge on any atom is 0.271 e. The summed E-state index contributed by atoms with van der Waals surface area (Å²) in [7, 11) is 1.63. The highest BCUT2D eigenvalue weighted by atomic mass is 32.1. The molecule has 0 N–H and O–H groups in total. The first kappa shape index (κ1) is 25.3. The van der Waals surface area contributed by atoms with Crippen molar-refractivity contribution in [2.24, 2.45) is 4.99 Å². The molecule has 7 rings (SSSR count). The van der Waals surface area contributed by atoms with Gasteiger partial charge in [0.25, 0.3) is 5.56 Å². The number of hydrogen-bond acceptors (Lipinski definition) is 5. The molecule has 5 aromatic rings. The van der Waals surface area contributed by atoms with Crippen molar-refractivity contribution in [1.29, 1.82) is 0 Å². The second-order valence-corrected chi connectivity index (χ2v) is 11.2. The largest absolute Gasteiger partial charge is 0.493 e. The molecule has 2 aliphatic rings. The topological polar surface area (TPSA) is 52.8 Å². The van der Waals surface area contributed by atoms with Crippen molar-refractivity contribution < 1.29 is 9.47 Å². The Balaban J connectivity index is 1.31. The fourth-order valence-corrected chi connectivity index (χ4v) is 6.74. The molecule has 5 nitrogen and oxygen atoms in total. The van der Waals surface area contributed by atoms with E-state index in [1.54, 1.807) is 7.11 Å². The number of hydrogen-bond donors (Lipinski definition) is 0. The molecule has 41 heavy (non-hydrogen) atoms. The summed E-state index contributed by atoms with van der Waals surface area (Å²) in [5, 5.41) is 0. The summed E-state index contributed by atoms with van der Waals surface area (Å²) in [6, 6.07) is 34.4. The molecule has 0 unspecified atom stereocenters. The zero-order valence-electron chi connectivity index (χ0n) is 22.6. The maximum atomic E-state index is 14.0. The summed E-state index contributed by atoms with van der Waals surface area (Å²) in [4.78, 5) is 19.8. The van der Waals surface area contributed by atoms with Crippen LogP contribution in [-0.4, -0.2) is 11.7 Å². The highest BCUT2D eigenvalue weighted by Gasteiger charge is 2.32. The lowest BCUT2D eigenvalue weighted by atomic mass is 9.83. The minimum absolute atomic E-state index is 0.0311. The van der Waals surface area contributed by atoms with E-state index in [1.165, 1.54) is 28.0 Å². The molecule has 1 aliphatic heterocycles. The molecule has 0 fully saturated rings. The monoisotopic (exact) mass is 556 g/mol. The van der Waals surface area contributed by atoms with Gasteiger partial charge in [-0.05, 0) is 58.9 Å². The van der Waals surface area contributed by atoms with Gasteiger partial charge in [-0.2, -0.15) is 0 Å². The van der Waals surface area contributed by atoms with Gasteiger partial charge in [-0.3, -0.25) is 9.36 Å². The lowest BCUT2D eigenvalue weighted by molar-refractivity contribution is 0.284. The van der Waals surface area contributed by atoms with Crippen LogP contribution in [0.25, 0.3) is 11.8 Å². The Bertz CT molecular complexity index is 1960. The molecular formula is C35H28N2O3S. The van der Waals surface area contributed by atoms with E-state index in [1.807, 2.05) is 77.4 Å². The van der Waals surface area contributed by atoms with Crippen LogP contribution < -0.4 is 24.4 Å². The van der Waals surface area contributed by atoms with Crippen molar-refractivity contribution >= 4 is 23.1 Å². The fraction of sp³-hybridized carbons (Fsp3) is 0.143. The number of fused-ring (bicyclic) bond motifs is 3.